The molecule has 7 nitrogen and oxygen atoms in total. The van der Waals surface area contributed by atoms with Crippen LogP contribution < -0.4 is 4.90 Å². The molecule has 0 unspecified atom stereocenters. The zero-order valence-corrected chi connectivity index (χ0v) is 16.4. The fourth-order valence-electron chi connectivity index (χ4n) is 3.71. The van der Waals surface area contributed by atoms with E-state index >= 15 is 0 Å². The van der Waals surface area contributed by atoms with Gasteiger partial charge in [-0.1, -0.05) is 6.42 Å². The van der Waals surface area contributed by atoms with Crippen molar-refractivity contribution < 1.29 is 13.2 Å². The Labute approximate surface area is 156 Å². The van der Waals surface area contributed by atoms with Crippen molar-refractivity contribution in [2.75, 3.05) is 38.1 Å². The van der Waals surface area contributed by atoms with Crippen molar-refractivity contribution in [3.63, 3.8) is 0 Å². The van der Waals surface area contributed by atoms with Gasteiger partial charge >= 0.3 is 0 Å². The van der Waals surface area contributed by atoms with Crippen LogP contribution in [0.15, 0.2) is 23.2 Å². The van der Waals surface area contributed by atoms with E-state index in [1.54, 1.807) is 28.3 Å². The monoisotopic (exact) mass is 380 g/mol. The Kier molecular flexibility index (Phi) is 5.82. The zero-order chi connectivity index (χ0) is 18.7. The Hall–Kier alpha value is -1.67. The van der Waals surface area contributed by atoms with Crippen LogP contribution in [-0.4, -0.2) is 67.8 Å². The number of aromatic nitrogens is 1. The molecule has 0 bridgehead atoms. The number of sulfonamides is 1. The molecule has 0 aliphatic carbocycles. The van der Waals surface area contributed by atoms with Crippen molar-refractivity contribution in [2.24, 2.45) is 0 Å². The van der Waals surface area contributed by atoms with E-state index in [9.17, 15) is 13.2 Å². The lowest BCUT2D eigenvalue weighted by atomic mass is 10.0. The van der Waals surface area contributed by atoms with Gasteiger partial charge in [-0.2, -0.15) is 4.31 Å². The quantitative estimate of drug-likeness (QED) is 0.795. The second kappa shape index (κ2) is 7.92. The summed E-state index contributed by atoms with van der Waals surface area (Å²) in [6.07, 6.45) is 6.21. The molecule has 1 amide bonds. The van der Waals surface area contributed by atoms with E-state index in [0.29, 0.717) is 13.1 Å². The number of carbonyl (C=O) groups excluding carboxylic acids is 1. The van der Waals surface area contributed by atoms with Crippen molar-refractivity contribution in [2.45, 2.75) is 50.0 Å². The molecule has 3 heterocycles. The van der Waals surface area contributed by atoms with Gasteiger partial charge in [-0.15, -0.1) is 0 Å². The van der Waals surface area contributed by atoms with Crippen LogP contribution in [0.4, 0.5) is 5.82 Å². The summed E-state index contributed by atoms with van der Waals surface area (Å²) in [6.45, 7) is 4.42. The van der Waals surface area contributed by atoms with E-state index in [4.69, 9.17) is 0 Å². The summed E-state index contributed by atoms with van der Waals surface area (Å²) >= 11 is 0. The Morgan fingerprint density at radius 3 is 2.31 bits per heavy atom. The second-order valence-electron chi connectivity index (χ2n) is 7.16. The van der Waals surface area contributed by atoms with Gasteiger partial charge in [0.2, 0.25) is 15.9 Å². The van der Waals surface area contributed by atoms with E-state index in [1.807, 2.05) is 7.05 Å². The molecule has 1 aromatic heterocycles. The van der Waals surface area contributed by atoms with Crippen LogP contribution in [0.3, 0.4) is 0 Å². The minimum atomic E-state index is -3.43. The number of rotatable bonds is 4. The van der Waals surface area contributed by atoms with Gasteiger partial charge in [0.15, 0.2) is 0 Å². The smallest absolute Gasteiger partial charge is 0.244 e. The molecule has 2 fully saturated rings. The average Bonchev–Trinajstić information content (AvgIpc) is 2.68. The fraction of sp³-hybridized carbons (Fsp3) is 0.667. The number of pyridine rings is 1. The van der Waals surface area contributed by atoms with Crippen molar-refractivity contribution in [1.82, 2.24) is 14.2 Å². The first-order valence-electron chi connectivity index (χ1n) is 9.34. The van der Waals surface area contributed by atoms with Gasteiger partial charge in [-0.3, -0.25) is 4.79 Å². The molecular weight excluding hydrogens is 352 g/mol. The van der Waals surface area contributed by atoms with Crippen molar-refractivity contribution in [1.29, 1.82) is 0 Å². The lowest BCUT2D eigenvalue weighted by Gasteiger charge is -2.37. The summed E-state index contributed by atoms with van der Waals surface area (Å²) in [7, 11) is -1.58. The molecule has 2 aliphatic rings. The minimum Gasteiger partial charge on any atom is -0.356 e. The lowest BCUT2D eigenvalue weighted by molar-refractivity contribution is -0.129. The van der Waals surface area contributed by atoms with E-state index < -0.39 is 10.0 Å². The van der Waals surface area contributed by atoms with Crippen LogP contribution in [-0.2, 0) is 14.8 Å². The first-order valence-corrected chi connectivity index (χ1v) is 10.8. The van der Waals surface area contributed by atoms with Crippen LogP contribution >= 0.6 is 0 Å². The third kappa shape index (κ3) is 4.01. The summed E-state index contributed by atoms with van der Waals surface area (Å²) in [5.74, 6) is 0.889. The molecule has 8 heteroatoms. The second-order valence-corrected chi connectivity index (χ2v) is 9.10. The Balaban J connectivity index is 1.64. The number of piperidine rings is 2. The van der Waals surface area contributed by atoms with Crippen LogP contribution in [0.1, 0.15) is 39.0 Å². The molecule has 0 N–H and O–H groups in total. The van der Waals surface area contributed by atoms with Gasteiger partial charge in [0.1, 0.15) is 10.7 Å². The summed E-state index contributed by atoms with van der Waals surface area (Å²) in [6, 6.07) is 3.73. The molecule has 0 radical (unpaired) electrons. The van der Waals surface area contributed by atoms with Gasteiger partial charge in [0.25, 0.3) is 0 Å². The lowest BCUT2D eigenvalue weighted by Crippen LogP contribution is -2.45. The maximum absolute atomic E-state index is 12.7. The first-order chi connectivity index (χ1) is 12.4. The summed E-state index contributed by atoms with van der Waals surface area (Å²) in [4.78, 5) is 20.1. The third-order valence-electron chi connectivity index (χ3n) is 5.51. The van der Waals surface area contributed by atoms with Crippen molar-refractivity contribution in [3.05, 3.63) is 18.3 Å². The molecular formula is C18H28N4O3S. The van der Waals surface area contributed by atoms with E-state index in [-0.39, 0.29) is 16.8 Å². The topological polar surface area (TPSA) is 73.8 Å². The van der Waals surface area contributed by atoms with Gasteiger partial charge in [-0.25, -0.2) is 13.4 Å². The Morgan fingerprint density at radius 2 is 1.77 bits per heavy atom. The normalized spacial score (nSPS) is 20.2. The molecule has 2 saturated heterocycles. The highest BCUT2D eigenvalue weighted by molar-refractivity contribution is 7.89. The molecule has 144 valence electrons. The molecule has 0 aromatic carbocycles. The molecule has 2 aliphatic heterocycles. The predicted molar refractivity (Wildman–Crippen MR) is 101 cm³/mol. The standard InChI is InChI=1S/C18H28N4O3S/c1-15(23)20(2)16-8-12-21(13-9-16)18-7-6-17(14-19-18)26(24,25)22-10-4-3-5-11-22/h6-7,14,16H,3-5,8-13H2,1-2H3. The first kappa shape index (κ1) is 19.1. The number of carbonyl (C=O) groups is 1. The highest BCUT2D eigenvalue weighted by Crippen LogP contribution is 2.24. The van der Waals surface area contributed by atoms with E-state index in [1.165, 1.54) is 6.20 Å². The predicted octanol–water partition coefficient (Wildman–Crippen LogP) is 1.70. The SMILES string of the molecule is CC(=O)N(C)C1CCN(c2ccc(S(=O)(=O)N3CCCCC3)cn2)CC1. The molecule has 0 saturated carbocycles. The van der Waals surface area contributed by atoms with Crippen LogP contribution in [0.25, 0.3) is 0 Å². The van der Waals surface area contributed by atoms with Gasteiger partial charge in [0.05, 0.1) is 0 Å². The van der Waals surface area contributed by atoms with Crippen LogP contribution in [0, 0.1) is 0 Å². The number of hydrogen-bond donors (Lipinski definition) is 0. The number of anilines is 1. The van der Waals surface area contributed by atoms with E-state index in [2.05, 4.69) is 9.88 Å². The fourth-order valence-corrected chi connectivity index (χ4v) is 5.17. The molecule has 0 spiro atoms. The summed E-state index contributed by atoms with van der Waals surface area (Å²) in [5.41, 5.74) is 0. The van der Waals surface area contributed by atoms with Gasteiger partial charge < -0.3 is 9.80 Å². The number of amides is 1. The molecule has 3 rings (SSSR count). The zero-order valence-electron chi connectivity index (χ0n) is 15.6. The summed E-state index contributed by atoms with van der Waals surface area (Å²) < 4.78 is 26.9. The molecule has 1 aromatic rings. The van der Waals surface area contributed by atoms with Crippen LogP contribution in [0.5, 0.6) is 0 Å². The third-order valence-corrected chi connectivity index (χ3v) is 7.39. The van der Waals surface area contributed by atoms with Crippen molar-refractivity contribution >= 4 is 21.7 Å². The summed E-state index contributed by atoms with van der Waals surface area (Å²) in [5, 5.41) is 0. The van der Waals surface area contributed by atoms with Gasteiger partial charge in [-0.05, 0) is 37.8 Å². The largest absolute Gasteiger partial charge is 0.356 e. The minimum absolute atomic E-state index is 0.0915. The highest BCUT2D eigenvalue weighted by Gasteiger charge is 2.27. The highest BCUT2D eigenvalue weighted by atomic mass is 32.2. The van der Waals surface area contributed by atoms with Crippen molar-refractivity contribution in [3.8, 4) is 0 Å². The maximum Gasteiger partial charge on any atom is 0.244 e. The molecule has 0 atom stereocenters. The Morgan fingerprint density at radius 1 is 1.12 bits per heavy atom. The average molecular weight is 381 g/mol. The number of hydrogen-bond acceptors (Lipinski definition) is 5. The van der Waals surface area contributed by atoms with E-state index in [0.717, 1.165) is 51.0 Å². The maximum atomic E-state index is 12.7. The Bertz CT molecular complexity index is 721. The number of nitrogens with zero attached hydrogens (tertiary/aromatic N) is 4. The molecule has 26 heavy (non-hydrogen) atoms. The van der Waals surface area contributed by atoms with Crippen LogP contribution in [0.2, 0.25) is 0 Å². The van der Waals surface area contributed by atoms with Gasteiger partial charge in [0, 0.05) is 52.4 Å².